The zero-order valence-electron chi connectivity index (χ0n) is 15.9. The van der Waals surface area contributed by atoms with Crippen LogP contribution >= 0.6 is 11.6 Å². The molecular formula is C21H20ClNO6. The molecule has 8 heteroatoms. The van der Waals surface area contributed by atoms with Gasteiger partial charge >= 0.3 is 11.9 Å². The first kappa shape index (κ1) is 20.7. The van der Waals surface area contributed by atoms with Crippen LogP contribution in [0.4, 0.5) is 0 Å². The number of esters is 1. The highest BCUT2D eigenvalue weighted by Gasteiger charge is 2.37. The van der Waals surface area contributed by atoms with Crippen molar-refractivity contribution >= 4 is 29.4 Å². The Bertz CT molecular complexity index is 986. The summed E-state index contributed by atoms with van der Waals surface area (Å²) < 4.78 is 5.29. The summed E-state index contributed by atoms with van der Waals surface area (Å²) in [5.41, 5.74) is -0.144. The first-order valence-electron chi connectivity index (χ1n) is 8.94. The molecule has 3 N–H and O–H groups in total. The monoisotopic (exact) mass is 417 g/mol. The normalized spacial score (nSPS) is 15.8. The molecule has 1 aliphatic heterocycles. The third-order valence-corrected chi connectivity index (χ3v) is 5.00. The van der Waals surface area contributed by atoms with Gasteiger partial charge in [-0.25, -0.2) is 9.59 Å². The van der Waals surface area contributed by atoms with E-state index in [1.54, 1.807) is 44.2 Å². The number of nitrogens with one attached hydrogen (secondary N) is 1. The Balaban J connectivity index is 1.91. The number of cyclic esters (lactones) is 1. The van der Waals surface area contributed by atoms with Gasteiger partial charge in [-0.1, -0.05) is 41.9 Å². The number of ether oxygens (including phenoxy) is 1. The fourth-order valence-corrected chi connectivity index (χ4v) is 3.57. The van der Waals surface area contributed by atoms with Crippen molar-refractivity contribution in [3.63, 3.8) is 0 Å². The number of carbonyl (C=O) groups is 3. The van der Waals surface area contributed by atoms with Crippen molar-refractivity contribution in [2.75, 3.05) is 0 Å². The molecule has 7 nitrogen and oxygen atoms in total. The molecule has 3 rings (SSSR count). The number of carboxylic acids is 1. The number of amides is 1. The van der Waals surface area contributed by atoms with E-state index in [1.807, 2.05) is 0 Å². The van der Waals surface area contributed by atoms with Crippen LogP contribution < -0.4 is 5.32 Å². The highest BCUT2D eigenvalue weighted by molar-refractivity contribution is 6.32. The molecule has 0 bridgehead atoms. The molecule has 1 heterocycles. The average Bonchev–Trinajstić information content (AvgIpc) is 2.63. The molecule has 1 aliphatic rings. The lowest BCUT2D eigenvalue weighted by atomic mass is 9.89. The van der Waals surface area contributed by atoms with Crippen LogP contribution in [0.3, 0.4) is 0 Å². The molecule has 0 aliphatic carbocycles. The van der Waals surface area contributed by atoms with Crippen LogP contribution in [0.1, 0.15) is 45.7 Å². The van der Waals surface area contributed by atoms with Crippen LogP contribution in [0.25, 0.3) is 0 Å². The molecular weight excluding hydrogens is 398 g/mol. The molecule has 0 aromatic heterocycles. The molecule has 2 aromatic rings. The van der Waals surface area contributed by atoms with Crippen molar-refractivity contribution in [2.45, 2.75) is 38.3 Å². The van der Waals surface area contributed by atoms with Crippen LogP contribution in [-0.2, 0) is 22.4 Å². The molecule has 0 radical (unpaired) electrons. The molecule has 2 aromatic carbocycles. The van der Waals surface area contributed by atoms with Crippen molar-refractivity contribution in [3.8, 4) is 5.75 Å². The summed E-state index contributed by atoms with van der Waals surface area (Å²) in [4.78, 5) is 36.7. The lowest BCUT2D eigenvalue weighted by Gasteiger charge is -2.32. The number of aliphatic carboxylic acids is 1. The summed E-state index contributed by atoms with van der Waals surface area (Å²) in [6.07, 6.45) is 0.325. The number of aromatic hydroxyl groups is 1. The number of hydrogen-bond donors (Lipinski definition) is 3. The van der Waals surface area contributed by atoms with Crippen LogP contribution in [0.15, 0.2) is 36.4 Å². The highest BCUT2D eigenvalue weighted by atomic mass is 35.5. The van der Waals surface area contributed by atoms with Crippen LogP contribution in [0.2, 0.25) is 5.02 Å². The number of phenols is 1. The maximum Gasteiger partial charge on any atom is 0.342 e. The number of rotatable bonds is 5. The second-order valence-corrected chi connectivity index (χ2v) is 7.90. The van der Waals surface area contributed by atoms with Gasteiger partial charge in [0.1, 0.15) is 23.0 Å². The standard InChI is InChI=1S/C21H20ClNO6/c1-21(2)10-13-14(22)9-12(17(24)16(13)20(28)29-21)18(25)23-15(19(26)27)8-11-6-4-3-5-7-11/h3-7,9,15,24H,8,10H2,1-2H3,(H,23,25)(H,26,27). The fourth-order valence-electron chi connectivity index (χ4n) is 3.29. The molecule has 1 atom stereocenters. The summed E-state index contributed by atoms with van der Waals surface area (Å²) in [7, 11) is 0. The molecule has 0 saturated carbocycles. The Labute approximate surface area is 172 Å². The van der Waals surface area contributed by atoms with Crippen molar-refractivity contribution in [2.24, 2.45) is 0 Å². The highest BCUT2D eigenvalue weighted by Crippen LogP contribution is 2.39. The second-order valence-electron chi connectivity index (χ2n) is 7.49. The number of halogens is 1. The average molecular weight is 418 g/mol. The van der Waals surface area contributed by atoms with E-state index in [0.717, 1.165) is 5.56 Å². The lowest BCUT2D eigenvalue weighted by molar-refractivity contribution is -0.139. The van der Waals surface area contributed by atoms with E-state index >= 15 is 0 Å². The predicted octanol–water partition coefficient (Wildman–Crippen LogP) is 2.96. The van der Waals surface area contributed by atoms with Gasteiger partial charge in [0, 0.05) is 17.9 Å². The molecule has 1 amide bonds. The second kappa shape index (κ2) is 7.75. The first-order chi connectivity index (χ1) is 13.6. The van der Waals surface area contributed by atoms with E-state index in [-0.39, 0.29) is 29.0 Å². The Morgan fingerprint density at radius 3 is 2.55 bits per heavy atom. The number of fused-ring (bicyclic) bond motifs is 1. The molecule has 0 fully saturated rings. The number of benzene rings is 2. The Morgan fingerprint density at radius 2 is 1.93 bits per heavy atom. The Hall–Kier alpha value is -3.06. The van der Waals surface area contributed by atoms with E-state index in [4.69, 9.17) is 16.3 Å². The molecule has 29 heavy (non-hydrogen) atoms. The fraction of sp³-hybridized carbons (Fsp3) is 0.286. The van der Waals surface area contributed by atoms with E-state index in [9.17, 15) is 24.6 Å². The minimum atomic E-state index is -1.23. The van der Waals surface area contributed by atoms with Gasteiger partial charge in [-0.2, -0.15) is 0 Å². The van der Waals surface area contributed by atoms with Crippen LogP contribution in [0, 0.1) is 0 Å². The van der Waals surface area contributed by atoms with Gasteiger partial charge < -0.3 is 20.3 Å². The number of hydrogen-bond acceptors (Lipinski definition) is 5. The first-order valence-corrected chi connectivity index (χ1v) is 9.32. The number of phenolic OH excluding ortho intramolecular Hbond substituents is 1. The quantitative estimate of drug-likeness (QED) is 0.644. The van der Waals surface area contributed by atoms with Gasteiger partial charge in [0.2, 0.25) is 0 Å². The minimum absolute atomic E-state index is 0.0532. The van der Waals surface area contributed by atoms with Crippen molar-refractivity contribution in [1.29, 1.82) is 0 Å². The third kappa shape index (κ3) is 4.35. The molecule has 1 unspecified atom stereocenters. The van der Waals surface area contributed by atoms with Gasteiger partial charge in [0.05, 0.1) is 5.56 Å². The summed E-state index contributed by atoms with van der Waals surface area (Å²) in [6, 6.07) is 8.81. The Kier molecular flexibility index (Phi) is 5.53. The summed E-state index contributed by atoms with van der Waals surface area (Å²) in [6.45, 7) is 3.42. The minimum Gasteiger partial charge on any atom is -0.506 e. The maximum atomic E-state index is 12.7. The molecule has 152 valence electrons. The lowest BCUT2D eigenvalue weighted by Crippen LogP contribution is -2.42. The van der Waals surface area contributed by atoms with Crippen LogP contribution in [-0.4, -0.2) is 39.7 Å². The number of carboxylic acid groups (broad SMARTS) is 1. The molecule has 0 spiro atoms. The zero-order valence-corrected chi connectivity index (χ0v) is 16.6. The smallest absolute Gasteiger partial charge is 0.342 e. The SMILES string of the molecule is CC1(C)Cc2c(Cl)cc(C(=O)NC(Cc3ccccc3)C(=O)O)c(O)c2C(=O)O1. The predicted molar refractivity (Wildman–Crippen MR) is 105 cm³/mol. The Morgan fingerprint density at radius 1 is 1.28 bits per heavy atom. The van der Waals surface area contributed by atoms with Crippen molar-refractivity contribution in [1.82, 2.24) is 5.32 Å². The molecule has 0 saturated heterocycles. The summed E-state index contributed by atoms with van der Waals surface area (Å²) in [5.74, 6) is -3.45. The van der Waals surface area contributed by atoms with Crippen molar-refractivity contribution < 1.29 is 29.3 Å². The van der Waals surface area contributed by atoms with Gasteiger partial charge in [-0.15, -0.1) is 0 Å². The maximum absolute atomic E-state index is 12.7. The zero-order chi connectivity index (χ0) is 21.3. The van der Waals surface area contributed by atoms with Gasteiger partial charge in [-0.3, -0.25) is 4.79 Å². The number of carbonyl (C=O) groups excluding carboxylic acids is 2. The summed E-state index contributed by atoms with van der Waals surface area (Å²) >= 11 is 6.27. The van der Waals surface area contributed by atoms with Crippen molar-refractivity contribution in [3.05, 3.63) is 63.7 Å². The van der Waals surface area contributed by atoms with E-state index < -0.39 is 35.2 Å². The summed E-state index contributed by atoms with van der Waals surface area (Å²) in [5, 5.41) is 22.5. The van der Waals surface area contributed by atoms with Crippen LogP contribution in [0.5, 0.6) is 5.75 Å². The van der Waals surface area contributed by atoms with Gasteiger partial charge in [0.25, 0.3) is 5.91 Å². The van der Waals surface area contributed by atoms with Gasteiger partial charge in [-0.05, 0) is 31.0 Å². The van der Waals surface area contributed by atoms with E-state index in [2.05, 4.69) is 5.32 Å². The van der Waals surface area contributed by atoms with E-state index in [0.29, 0.717) is 5.56 Å². The third-order valence-electron chi connectivity index (χ3n) is 4.66. The van der Waals surface area contributed by atoms with Gasteiger partial charge in [0.15, 0.2) is 0 Å². The van der Waals surface area contributed by atoms with E-state index in [1.165, 1.54) is 6.07 Å². The largest absolute Gasteiger partial charge is 0.506 e. The topological polar surface area (TPSA) is 113 Å².